The molecule has 19 heavy (non-hydrogen) atoms. The van der Waals surface area contributed by atoms with Crippen LogP contribution in [-0.4, -0.2) is 21.0 Å². The molecule has 0 aliphatic heterocycles. The van der Waals surface area contributed by atoms with Crippen molar-refractivity contribution in [2.75, 3.05) is 11.9 Å². The molecule has 1 aromatic carbocycles. The number of anilines is 1. The molecular formula is C14H20N2O2S. The molecule has 0 spiro atoms. The van der Waals surface area contributed by atoms with Crippen molar-refractivity contribution in [2.24, 2.45) is 5.92 Å². The van der Waals surface area contributed by atoms with Gasteiger partial charge in [-0.05, 0) is 55.9 Å². The second kappa shape index (κ2) is 5.13. The van der Waals surface area contributed by atoms with Crippen molar-refractivity contribution in [3.8, 4) is 0 Å². The van der Waals surface area contributed by atoms with Crippen LogP contribution in [0.4, 0.5) is 5.69 Å². The summed E-state index contributed by atoms with van der Waals surface area (Å²) < 4.78 is 26.7. The molecule has 0 radical (unpaired) electrons. The summed E-state index contributed by atoms with van der Waals surface area (Å²) in [6.45, 7) is 0.992. The highest BCUT2D eigenvalue weighted by Crippen LogP contribution is 2.27. The SMILES string of the molecule is O=S(=O)(NC1CC1)c1ccc(NCC2CCC2)cc1. The number of hydrogen-bond donors (Lipinski definition) is 2. The lowest BCUT2D eigenvalue weighted by Crippen LogP contribution is -2.25. The molecule has 1 aromatic rings. The fraction of sp³-hybridized carbons (Fsp3) is 0.571. The van der Waals surface area contributed by atoms with Crippen molar-refractivity contribution < 1.29 is 8.42 Å². The van der Waals surface area contributed by atoms with Crippen LogP contribution in [0.1, 0.15) is 32.1 Å². The molecule has 4 nitrogen and oxygen atoms in total. The quantitative estimate of drug-likeness (QED) is 0.841. The summed E-state index contributed by atoms with van der Waals surface area (Å²) in [4.78, 5) is 0.355. The zero-order valence-corrected chi connectivity index (χ0v) is 11.7. The van der Waals surface area contributed by atoms with Crippen LogP contribution in [0.5, 0.6) is 0 Å². The van der Waals surface area contributed by atoms with E-state index >= 15 is 0 Å². The fourth-order valence-corrected chi connectivity index (χ4v) is 3.50. The summed E-state index contributed by atoms with van der Waals surface area (Å²) in [6, 6.07) is 7.20. The highest BCUT2D eigenvalue weighted by molar-refractivity contribution is 7.89. The van der Waals surface area contributed by atoms with Crippen LogP contribution < -0.4 is 10.0 Å². The maximum absolute atomic E-state index is 12.0. The summed E-state index contributed by atoms with van der Waals surface area (Å²) in [5.41, 5.74) is 0.997. The number of nitrogens with one attached hydrogen (secondary N) is 2. The van der Waals surface area contributed by atoms with Crippen molar-refractivity contribution in [1.29, 1.82) is 0 Å². The minimum Gasteiger partial charge on any atom is -0.385 e. The molecule has 2 aliphatic rings. The first kappa shape index (κ1) is 12.9. The van der Waals surface area contributed by atoms with Gasteiger partial charge in [0.25, 0.3) is 0 Å². The van der Waals surface area contributed by atoms with E-state index in [4.69, 9.17) is 0 Å². The monoisotopic (exact) mass is 280 g/mol. The Hall–Kier alpha value is -1.07. The van der Waals surface area contributed by atoms with Gasteiger partial charge in [-0.1, -0.05) is 6.42 Å². The molecule has 5 heteroatoms. The smallest absolute Gasteiger partial charge is 0.240 e. The van der Waals surface area contributed by atoms with Crippen LogP contribution in [0, 0.1) is 5.92 Å². The largest absolute Gasteiger partial charge is 0.385 e. The van der Waals surface area contributed by atoms with Gasteiger partial charge in [-0.2, -0.15) is 0 Å². The Labute approximate surface area is 114 Å². The molecule has 2 fully saturated rings. The predicted octanol–water partition coefficient (Wildman–Crippen LogP) is 2.34. The van der Waals surface area contributed by atoms with E-state index < -0.39 is 10.0 Å². The first-order valence-electron chi connectivity index (χ1n) is 7.00. The molecule has 2 N–H and O–H groups in total. The van der Waals surface area contributed by atoms with Crippen molar-refractivity contribution in [1.82, 2.24) is 4.72 Å². The molecule has 0 amide bonds. The molecule has 0 aromatic heterocycles. The van der Waals surface area contributed by atoms with Gasteiger partial charge in [0.1, 0.15) is 0 Å². The second-order valence-corrected chi connectivity index (χ2v) is 7.31. The van der Waals surface area contributed by atoms with Crippen LogP contribution in [-0.2, 0) is 10.0 Å². The lowest BCUT2D eigenvalue weighted by molar-refractivity contribution is 0.333. The first-order valence-corrected chi connectivity index (χ1v) is 8.48. The second-order valence-electron chi connectivity index (χ2n) is 5.60. The molecule has 2 saturated carbocycles. The van der Waals surface area contributed by atoms with Gasteiger partial charge in [0.2, 0.25) is 10.0 Å². The zero-order valence-electron chi connectivity index (χ0n) is 10.9. The van der Waals surface area contributed by atoms with Gasteiger partial charge in [0.15, 0.2) is 0 Å². The summed E-state index contributed by atoms with van der Waals surface area (Å²) in [5, 5.41) is 3.36. The minimum absolute atomic E-state index is 0.154. The topological polar surface area (TPSA) is 58.2 Å². The van der Waals surface area contributed by atoms with E-state index in [1.165, 1.54) is 19.3 Å². The highest BCUT2D eigenvalue weighted by atomic mass is 32.2. The van der Waals surface area contributed by atoms with Crippen LogP contribution in [0.15, 0.2) is 29.2 Å². The molecular weight excluding hydrogens is 260 g/mol. The summed E-state index contributed by atoms with van der Waals surface area (Å²) >= 11 is 0. The van der Waals surface area contributed by atoms with E-state index in [-0.39, 0.29) is 6.04 Å². The number of hydrogen-bond acceptors (Lipinski definition) is 3. The lowest BCUT2D eigenvalue weighted by atomic mass is 9.85. The van der Waals surface area contributed by atoms with Gasteiger partial charge in [0.05, 0.1) is 4.90 Å². The van der Waals surface area contributed by atoms with E-state index in [2.05, 4.69) is 10.0 Å². The first-order chi connectivity index (χ1) is 9.13. The molecule has 0 unspecified atom stereocenters. The van der Waals surface area contributed by atoms with Crippen LogP contribution in [0.2, 0.25) is 0 Å². The maximum atomic E-state index is 12.0. The van der Waals surface area contributed by atoms with Crippen molar-refractivity contribution >= 4 is 15.7 Å². The predicted molar refractivity (Wildman–Crippen MR) is 75.6 cm³/mol. The van der Waals surface area contributed by atoms with Gasteiger partial charge in [-0.25, -0.2) is 13.1 Å². The molecule has 0 saturated heterocycles. The molecule has 0 heterocycles. The standard InChI is InChI=1S/C14H20N2O2S/c17-19(18,16-13-4-5-13)14-8-6-12(7-9-14)15-10-11-2-1-3-11/h6-9,11,13,15-16H,1-5,10H2. The maximum Gasteiger partial charge on any atom is 0.240 e. The van der Waals surface area contributed by atoms with Crippen LogP contribution in [0.25, 0.3) is 0 Å². The molecule has 2 aliphatic carbocycles. The van der Waals surface area contributed by atoms with E-state index in [1.807, 2.05) is 12.1 Å². The molecule has 0 bridgehead atoms. The lowest BCUT2D eigenvalue weighted by Gasteiger charge is -2.25. The van der Waals surface area contributed by atoms with E-state index in [0.717, 1.165) is 31.0 Å². The number of benzene rings is 1. The summed E-state index contributed by atoms with van der Waals surface area (Å²) in [6.07, 6.45) is 5.88. The van der Waals surface area contributed by atoms with Crippen LogP contribution >= 0.6 is 0 Å². The average Bonchev–Trinajstić information content (AvgIpc) is 3.11. The third-order valence-electron chi connectivity index (χ3n) is 3.88. The summed E-state index contributed by atoms with van der Waals surface area (Å²) in [7, 11) is -3.32. The Kier molecular flexibility index (Phi) is 3.50. The third kappa shape index (κ3) is 3.28. The fourth-order valence-electron chi connectivity index (χ4n) is 2.20. The normalized spacial score (nSPS) is 20.0. The minimum atomic E-state index is -3.32. The van der Waals surface area contributed by atoms with Gasteiger partial charge >= 0.3 is 0 Å². The molecule has 0 atom stereocenters. The number of sulfonamides is 1. The van der Waals surface area contributed by atoms with Gasteiger partial charge < -0.3 is 5.32 Å². The molecule has 104 valence electrons. The van der Waals surface area contributed by atoms with Gasteiger partial charge in [-0.15, -0.1) is 0 Å². The Bertz CT molecular complexity index is 531. The zero-order chi connectivity index (χ0) is 13.3. The number of rotatable bonds is 6. The molecule has 3 rings (SSSR count). The van der Waals surface area contributed by atoms with Gasteiger partial charge in [-0.3, -0.25) is 0 Å². The Balaban J connectivity index is 1.60. The average molecular weight is 280 g/mol. The third-order valence-corrected chi connectivity index (χ3v) is 5.42. The Morgan fingerprint density at radius 2 is 1.74 bits per heavy atom. The van der Waals surface area contributed by atoms with Crippen molar-refractivity contribution in [3.63, 3.8) is 0 Å². The highest BCUT2D eigenvalue weighted by Gasteiger charge is 2.27. The summed E-state index contributed by atoms with van der Waals surface area (Å²) in [5.74, 6) is 0.792. The van der Waals surface area contributed by atoms with Crippen molar-refractivity contribution in [3.05, 3.63) is 24.3 Å². The van der Waals surface area contributed by atoms with E-state index in [9.17, 15) is 8.42 Å². The van der Waals surface area contributed by atoms with Crippen LogP contribution in [0.3, 0.4) is 0 Å². The Morgan fingerprint density at radius 1 is 1.05 bits per heavy atom. The van der Waals surface area contributed by atoms with Crippen molar-refractivity contribution in [2.45, 2.75) is 43.0 Å². The Morgan fingerprint density at radius 3 is 2.26 bits per heavy atom. The van der Waals surface area contributed by atoms with E-state index in [1.54, 1.807) is 12.1 Å². The van der Waals surface area contributed by atoms with Gasteiger partial charge in [0, 0.05) is 18.3 Å². The van der Waals surface area contributed by atoms with E-state index in [0.29, 0.717) is 4.90 Å².